The first-order valence-electron chi connectivity index (χ1n) is 10.4. The normalized spacial score (nSPS) is 29.5. The smallest absolute Gasteiger partial charge is 0.329 e. The molecule has 1 heterocycles. The van der Waals surface area contributed by atoms with Crippen molar-refractivity contribution in [1.82, 2.24) is 0 Å². The topological polar surface area (TPSA) is 105 Å². The molecule has 172 valence electrons. The van der Waals surface area contributed by atoms with Crippen LogP contribution in [-0.4, -0.2) is 66.0 Å². The lowest BCUT2D eigenvalue weighted by molar-refractivity contribution is -0.143. The van der Waals surface area contributed by atoms with Crippen LogP contribution in [0.4, 0.5) is 8.78 Å². The van der Waals surface area contributed by atoms with Crippen molar-refractivity contribution >= 4 is 5.97 Å². The highest BCUT2D eigenvalue weighted by molar-refractivity contribution is 5.67. The monoisotopic (exact) mass is 442 g/mol. The first kappa shape index (κ1) is 23.6. The van der Waals surface area contributed by atoms with Gasteiger partial charge in [0.1, 0.15) is 36.7 Å². The van der Waals surface area contributed by atoms with E-state index in [1.54, 1.807) is 6.08 Å². The molecule has 1 aliphatic carbocycles. The SMILES string of the molecule is O=C(O)COC[C@H]1CC[C@@H]2[C@@H](/C=C/[C@@H](O)COc3cc(F)cc(F)c3)[C@H](O)C[C@@H]2OC1. The van der Waals surface area contributed by atoms with E-state index >= 15 is 0 Å². The van der Waals surface area contributed by atoms with E-state index in [-0.39, 0.29) is 42.8 Å². The van der Waals surface area contributed by atoms with Crippen molar-refractivity contribution in [2.24, 2.45) is 17.8 Å². The summed E-state index contributed by atoms with van der Waals surface area (Å²) < 4.78 is 42.8. The van der Waals surface area contributed by atoms with E-state index < -0.39 is 29.8 Å². The van der Waals surface area contributed by atoms with Crippen LogP contribution >= 0.6 is 0 Å². The Kier molecular flexibility index (Phi) is 8.36. The second-order valence-corrected chi connectivity index (χ2v) is 8.14. The van der Waals surface area contributed by atoms with Gasteiger partial charge in [0, 0.05) is 36.5 Å². The molecular weight excluding hydrogens is 414 g/mol. The minimum Gasteiger partial charge on any atom is -0.490 e. The molecule has 0 radical (unpaired) electrons. The number of carbonyl (C=O) groups is 1. The first-order valence-corrected chi connectivity index (χ1v) is 10.4. The first-order chi connectivity index (χ1) is 14.8. The molecule has 0 bridgehead atoms. The highest BCUT2D eigenvalue weighted by Crippen LogP contribution is 2.41. The van der Waals surface area contributed by atoms with Gasteiger partial charge >= 0.3 is 5.97 Å². The van der Waals surface area contributed by atoms with Crippen LogP contribution in [0.1, 0.15) is 19.3 Å². The molecule has 7 nitrogen and oxygen atoms in total. The van der Waals surface area contributed by atoms with Crippen LogP contribution in [0.15, 0.2) is 30.4 Å². The van der Waals surface area contributed by atoms with E-state index in [1.807, 2.05) is 0 Å². The maximum Gasteiger partial charge on any atom is 0.329 e. The van der Waals surface area contributed by atoms with Gasteiger partial charge in [0.05, 0.1) is 25.4 Å². The molecule has 31 heavy (non-hydrogen) atoms. The lowest BCUT2D eigenvalue weighted by Crippen LogP contribution is -2.22. The maximum absolute atomic E-state index is 13.2. The molecule has 6 atom stereocenters. The molecule has 3 rings (SSSR count). The quantitative estimate of drug-likeness (QED) is 0.504. The van der Waals surface area contributed by atoms with Crippen LogP contribution in [-0.2, 0) is 14.3 Å². The highest BCUT2D eigenvalue weighted by Gasteiger charge is 2.43. The Morgan fingerprint density at radius 1 is 1.26 bits per heavy atom. The summed E-state index contributed by atoms with van der Waals surface area (Å²) in [7, 11) is 0. The van der Waals surface area contributed by atoms with Gasteiger partial charge in [0.15, 0.2) is 0 Å². The second-order valence-electron chi connectivity index (χ2n) is 8.14. The summed E-state index contributed by atoms with van der Waals surface area (Å²) in [6, 6.07) is 2.80. The van der Waals surface area contributed by atoms with Gasteiger partial charge in [0.2, 0.25) is 0 Å². The van der Waals surface area contributed by atoms with Crippen molar-refractivity contribution in [1.29, 1.82) is 0 Å². The third-order valence-electron chi connectivity index (χ3n) is 5.74. The van der Waals surface area contributed by atoms with Crippen LogP contribution in [0.5, 0.6) is 5.75 Å². The third kappa shape index (κ3) is 6.96. The summed E-state index contributed by atoms with van der Waals surface area (Å²) in [6.07, 6.45) is 3.60. The van der Waals surface area contributed by atoms with Crippen LogP contribution in [0.3, 0.4) is 0 Å². The number of hydrogen-bond donors (Lipinski definition) is 3. The van der Waals surface area contributed by atoms with Crippen LogP contribution < -0.4 is 4.74 Å². The number of carboxylic acids is 1. The number of aliphatic hydroxyl groups excluding tert-OH is 2. The minimum absolute atomic E-state index is 0.0146. The Morgan fingerprint density at radius 2 is 2.00 bits per heavy atom. The Hall–Kier alpha value is -2.07. The zero-order valence-electron chi connectivity index (χ0n) is 17.0. The predicted octanol–water partition coefficient (Wildman–Crippen LogP) is 2.15. The van der Waals surface area contributed by atoms with E-state index in [2.05, 4.69) is 0 Å². The van der Waals surface area contributed by atoms with Gasteiger partial charge in [-0.25, -0.2) is 13.6 Å². The predicted molar refractivity (Wildman–Crippen MR) is 106 cm³/mol. The van der Waals surface area contributed by atoms with Crippen LogP contribution in [0.2, 0.25) is 0 Å². The average Bonchev–Trinajstić information content (AvgIpc) is 2.85. The van der Waals surface area contributed by atoms with Gasteiger partial charge in [-0.05, 0) is 18.8 Å². The molecule has 0 aromatic heterocycles. The van der Waals surface area contributed by atoms with E-state index in [1.165, 1.54) is 6.08 Å². The summed E-state index contributed by atoms with van der Waals surface area (Å²) >= 11 is 0. The van der Waals surface area contributed by atoms with E-state index in [4.69, 9.17) is 19.3 Å². The van der Waals surface area contributed by atoms with Crippen molar-refractivity contribution in [3.63, 3.8) is 0 Å². The van der Waals surface area contributed by atoms with Crippen LogP contribution in [0.25, 0.3) is 0 Å². The fourth-order valence-corrected chi connectivity index (χ4v) is 4.27. The van der Waals surface area contributed by atoms with Gasteiger partial charge in [-0.15, -0.1) is 0 Å². The molecule has 0 amide bonds. The lowest BCUT2D eigenvalue weighted by Gasteiger charge is -2.21. The second kappa shape index (κ2) is 11.0. The van der Waals surface area contributed by atoms with Crippen molar-refractivity contribution < 1.29 is 43.1 Å². The number of aliphatic carboxylic acids is 1. The Labute approximate surface area is 179 Å². The summed E-state index contributed by atoms with van der Waals surface area (Å²) in [5.74, 6) is -2.59. The van der Waals surface area contributed by atoms with Gasteiger partial charge in [-0.3, -0.25) is 0 Å². The molecule has 1 aromatic rings. The summed E-state index contributed by atoms with van der Waals surface area (Å²) in [5, 5.41) is 29.3. The molecule has 1 aromatic carbocycles. The zero-order valence-corrected chi connectivity index (χ0v) is 17.0. The molecule has 1 saturated carbocycles. The van der Waals surface area contributed by atoms with E-state index in [0.29, 0.717) is 19.6 Å². The summed E-state index contributed by atoms with van der Waals surface area (Å²) in [5.41, 5.74) is 0. The molecule has 0 spiro atoms. The summed E-state index contributed by atoms with van der Waals surface area (Å²) in [4.78, 5) is 10.6. The van der Waals surface area contributed by atoms with Crippen LogP contribution in [0, 0.1) is 29.4 Å². The number of hydrogen-bond acceptors (Lipinski definition) is 6. The van der Waals surface area contributed by atoms with Gasteiger partial charge in [-0.2, -0.15) is 0 Å². The lowest BCUT2D eigenvalue weighted by atomic mass is 9.87. The number of halogens is 2. The zero-order chi connectivity index (χ0) is 22.4. The molecule has 3 N–H and O–H groups in total. The van der Waals surface area contributed by atoms with E-state index in [9.17, 15) is 23.8 Å². The number of fused-ring (bicyclic) bond motifs is 1. The molecule has 2 aliphatic rings. The van der Waals surface area contributed by atoms with Crippen molar-refractivity contribution in [3.8, 4) is 5.75 Å². The summed E-state index contributed by atoms with van der Waals surface area (Å²) in [6.45, 7) is 0.238. The van der Waals surface area contributed by atoms with Gasteiger partial charge in [-0.1, -0.05) is 12.2 Å². The largest absolute Gasteiger partial charge is 0.490 e. The molecule has 2 fully saturated rings. The Balaban J connectivity index is 1.50. The number of aliphatic hydroxyl groups is 2. The standard InChI is InChI=1S/C22H28F2O7/c23-14-5-15(24)7-17(6-14)30-11-16(25)2-4-18-19-3-1-13(9-29-12-22(27)28)10-31-21(19)8-20(18)26/h2,4-7,13,16,18-21,25-26H,1,3,8-12H2,(H,27,28)/b4-2+/t13-,16-,18-,19-,20-,21+/m1/s1. The molecular formula is C22H28F2O7. The minimum atomic E-state index is -1.01. The Morgan fingerprint density at radius 3 is 2.71 bits per heavy atom. The fourth-order valence-electron chi connectivity index (χ4n) is 4.27. The van der Waals surface area contributed by atoms with E-state index in [0.717, 1.165) is 31.0 Å². The number of ether oxygens (including phenoxy) is 3. The Bertz CT molecular complexity index is 752. The molecule has 1 aliphatic heterocycles. The third-order valence-corrected chi connectivity index (χ3v) is 5.74. The van der Waals surface area contributed by atoms with Crippen molar-refractivity contribution in [2.75, 3.05) is 26.4 Å². The number of rotatable bonds is 9. The molecule has 9 heteroatoms. The average molecular weight is 442 g/mol. The van der Waals surface area contributed by atoms with Crippen molar-refractivity contribution in [2.45, 2.75) is 37.6 Å². The number of benzene rings is 1. The number of carboxylic acid groups (broad SMARTS) is 1. The fraction of sp³-hybridized carbons (Fsp3) is 0.591. The van der Waals surface area contributed by atoms with Gasteiger partial charge in [0.25, 0.3) is 0 Å². The molecule has 1 saturated heterocycles. The molecule has 0 unspecified atom stereocenters. The highest BCUT2D eigenvalue weighted by atomic mass is 19.1. The van der Waals surface area contributed by atoms with Gasteiger partial charge < -0.3 is 29.5 Å². The van der Waals surface area contributed by atoms with Crippen molar-refractivity contribution in [3.05, 3.63) is 42.0 Å². The maximum atomic E-state index is 13.2.